The Morgan fingerprint density at radius 3 is 2.83 bits per heavy atom. The maximum Gasteiger partial charge on any atom is 0.255 e. The Kier molecular flexibility index (Phi) is 5.70. The normalized spacial score (nSPS) is 23.3. The Morgan fingerprint density at radius 1 is 1.67 bits per heavy atom. The smallest absolute Gasteiger partial charge is 0.255 e. The highest BCUT2D eigenvalue weighted by atomic mass is 127. The summed E-state index contributed by atoms with van der Waals surface area (Å²) in [7, 11) is 7.06. The number of halogens is 1. The van der Waals surface area contributed by atoms with E-state index in [4.69, 9.17) is 10.5 Å². The average molecular weight is 460 g/mol. The minimum atomic E-state index is -0.687. The monoisotopic (exact) mass is 460 g/mol. The fraction of sp³-hybridized carbons (Fsp3) is 0.500. The summed E-state index contributed by atoms with van der Waals surface area (Å²) in [5, 5.41) is 6.75. The van der Waals surface area contributed by atoms with Crippen LogP contribution in [-0.2, 0) is 14.7 Å². The lowest BCUT2D eigenvalue weighted by Crippen LogP contribution is -2.41. The van der Waals surface area contributed by atoms with Gasteiger partial charge in [-0.2, -0.15) is 5.10 Å². The van der Waals surface area contributed by atoms with Crippen LogP contribution in [-0.4, -0.2) is 70.1 Å². The predicted octanol–water partition coefficient (Wildman–Crippen LogP) is -0.117. The molecule has 3 N–H and O–H groups in total. The number of hydrogen-bond acceptors (Lipinski definition) is 5. The number of anilines is 1. The van der Waals surface area contributed by atoms with Crippen molar-refractivity contribution in [3.05, 3.63) is 21.9 Å². The minimum Gasteiger partial charge on any atom is -0.383 e. The first-order valence-electron chi connectivity index (χ1n) is 7.22. The molecule has 10 heteroatoms. The topological polar surface area (TPSA) is 102 Å². The van der Waals surface area contributed by atoms with Crippen LogP contribution in [0.2, 0.25) is 0 Å². The summed E-state index contributed by atoms with van der Waals surface area (Å²) >= 11 is 1.97. The second-order valence-corrected chi connectivity index (χ2v) is 7.51. The molecule has 2 amide bonds. The third-order valence-corrected chi connectivity index (χ3v) is 5.32. The van der Waals surface area contributed by atoms with Crippen molar-refractivity contribution in [3.8, 4) is 0 Å². The number of nitrogens with one attached hydrogen (secondary N) is 1. The summed E-state index contributed by atoms with van der Waals surface area (Å²) in [5.74, 6) is -0.234. The van der Waals surface area contributed by atoms with Gasteiger partial charge in [0.2, 0.25) is 5.91 Å². The summed E-state index contributed by atoms with van der Waals surface area (Å²) in [6.07, 6.45) is 1.84. The van der Waals surface area contributed by atoms with Gasteiger partial charge in [-0.25, -0.2) is 4.68 Å². The summed E-state index contributed by atoms with van der Waals surface area (Å²) in [4.78, 5) is 25.6. The van der Waals surface area contributed by atoms with Crippen LogP contribution in [0.1, 0.15) is 16.8 Å². The van der Waals surface area contributed by atoms with Crippen LogP contribution in [0.3, 0.4) is 0 Å². The van der Waals surface area contributed by atoms with Gasteiger partial charge in [0.15, 0.2) is 0 Å². The van der Waals surface area contributed by atoms with Crippen LogP contribution in [0, 0.1) is 3.70 Å². The molecule has 1 aliphatic heterocycles. The number of nitrogens with two attached hydrogens (primary N) is 1. The van der Waals surface area contributed by atoms with E-state index in [1.165, 1.54) is 6.08 Å². The Bertz CT molecular complexity index is 680. The minimum absolute atomic E-state index is 0.137. The van der Waals surface area contributed by atoms with E-state index in [0.717, 1.165) is 0 Å². The highest BCUT2D eigenvalue weighted by Crippen LogP contribution is 2.35. The summed E-state index contributed by atoms with van der Waals surface area (Å²) in [5.41, 5.74) is 5.79. The molecule has 8 nitrogen and oxygen atoms in total. The highest BCUT2D eigenvalue weighted by Gasteiger charge is 2.46. The van der Waals surface area contributed by atoms with Crippen LogP contribution in [0.25, 0.3) is 0 Å². The van der Waals surface area contributed by atoms with Crippen molar-refractivity contribution in [2.45, 2.75) is 17.6 Å². The number of aromatic nitrogens is 2. The first-order valence-corrected chi connectivity index (χ1v) is 8.80. The zero-order chi connectivity index (χ0) is 18.1. The van der Waals surface area contributed by atoms with Gasteiger partial charge in [0.05, 0.1) is 28.1 Å². The molecule has 2 rings (SSSR count). The largest absolute Gasteiger partial charge is 0.383 e. The molecule has 3 radical (unpaired) electrons. The van der Waals surface area contributed by atoms with Crippen molar-refractivity contribution < 1.29 is 14.3 Å². The van der Waals surface area contributed by atoms with Gasteiger partial charge < -0.3 is 20.7 Å². The molecule has 0 saturated carbocycles. The molecule has 24 heavy (non-hydrogen) atoms. The van der Waals surface area contributed by atoms with Crippen molar-refractivity contribution in [1.29, 1.82) is 0 Å². The number of primary amides is 1. The molecule has 0 bridgehead atoms. The number of nitrogens with zero attached hydrogens (tertiary/aromatic N) is 3. The summed E-state index contributed by atoms with van der Waals surface area (Å²) in [6, 6.07) is -0.137. The van der Waals surface area contributed by atoms with Crippen LogP contribution in [0.15, 0.2) is 12.7 Å². The molecular formula is C14H19IN5O3Si. The second kappa shape index (κ2) is 7.23. The molecule has 0 spiro atoms. The van der Waals surface area contributed by atoms with Crippen molar-refractivity contribution in [2.24, 2.45) is 5.73 Å². The lowest BCUT2D eigenvalue weighted by molar-refractivity contribution is -0.127. The van der Waals surface area contributed by atoms with Gasteiger partial charge in [0.25, 0.3) is 5.91 Å². The quantitative estimate of drug-likeness (QED) is 0.350. The second-order valence-electron chi connectivity index (χ2n) is 5.56. The van der Waals surface area contributed by atoms with E-state index in [-0.39, 0.29) is 11.9 Å². The van der Waals surface area contributed by atoms with Crippen LogP contribution >= 0.6 is 22.6 Å². The van der Waals surface area contributed by atoms with Gasteiger partial charge in [-0.05, 0) is 35.1 Å². The van der Waals surface area contributed by atoms with Crippen molar-refractivity contribution in [3.63, 3.8) is 0 Å². The van der Waals surface area contributed by atoms with Gasteiger partial charge in [0.1, 0.15) is 15.1 Å². The first-order chi connectivity index (χ1) is 11.3. The van der Waals surface area contributed by atoms with Gasteiger partial charge in [-0.1, -0.05) is 6.58 Å². The van der Waals surface area contributed by atoms with Gasteiger partial charge in [0, 0.05) is 20.7 Å². The maximum absolute atomic E-state index is 12.2. The molecule has 129 valence electrons. The number of methoxy groups -OCH3 is 1. The molecule has 1 fully saturated rings. The van der Waals surface area contributed by atoms with Gasteiger partial charge in [-0.3, -0.25) is 9.59 Å². The molecule has 0 aromatic carbocycles. The SMILES string of the molecule is C=CC(=O)N1C[C@@]([Si])(n2nc(I)c(C(N)=O)c2NC)C[C@@H]1COC. The predicted molar refractivity (Wildman–Crippen MR) is 98.9 cm³/mol. The Hall–Kier alpha value is -1.40. The van der Waals surface area contributed by atoms with Crippen LogP contribution < -0.4 is 11.1 Å². The number of amides is 2. The fourth-order valence-electron chi connectivity index (χ4n) is 3.00. The molecule has 0 unspecified atom stereocenters. The van der Waals surface area contributed by atoms with Crippen LogP contribution in [0.4, 0.5) is 5.82 Å². The Morgan fingerprint density at radius 2 is 2.33 bits per heavy atom. The van der Waals surface area contributed by atoms with E-state index in [2.05, 4.69) is 27.2 Å². The molecule has 1 aromatic heterocycles. The number of hydrogen-bond donors (Lipinski definition) is 2. The molecule has 0 aliphatic carbocycles. The van der Waals surface area contributed by atoms with E-state index in [0.29, 0.717) is 34.7 Å². The number of likely N-dealkylation sites (tertiary alicyclic amines) is 1. The molecule has 1 saturated heterocycles. The van der Waals surface area contributed by atoms with E-state index in [1.54, 1.807) is 23.7 Å². The lowest BCUT2D eigenvalue weighted by atomic mass is 10.1. The van der Waals surface area contributed by atoms with Crippen LogP contribution in [0.5, 0.6) is 0 Å². The van der Waals surface area contributed by atoms with Gasteiger partial charge in [-0.15, -0.1) is 0 Å². The van der Waals surface area contributed by atoms with E-state index < -0.39 is 11.1 Å². The Balaban J connectivity index is 2.48. The molecule has 2 atom stereocenters. The summed E-state index contributed by atoms with van der Waals surface area (Å²) in [6.45, 7) is 4.30. The number of carbonyl (C=O) groups excluding carboxylic acids is 2. The standard InChI is InChI=1S/C14H19IN5O3Si/c1-4-9(21)19-7-14(24,5-8(19)6-23-3)20-13(17-2)10(12(16)22)11(15)18-20/h4,8,17H,1,5-7H2,2-3H3,(H2,16,22)/t8-,14-/m1/s1. The lowest BCUT2D eigenvalue weighted by Gasteiger charge is -2.27. The molecular weight excluding hydrogens is 441 g/mol. The van der Waals surface area contributed by atoms with Crippen molar-refractivity contribution in [1.82, 2.24) is 14.7 Å². The Labute approximate surface area is 157 Å². The first kappa shape index (κ1) is 18.9. The molecule has 1 aromatic rings. The third-order valence-electron chi connectivity index (χ3n) is 3.99. The van der Waals surface area contributed by atoms with Gasteiger partial charge >= 0.3 is 0 Å². The highest BCUT2D eigenvalue weighted by molar-refractivity contribution is 14.1. The molecule has 1 aliphatic rings. The summed E-state index contributed by atoms with van der Waals surface area (Å²) < 4.78 is 7.40. The van der Waals surface area contributed by atoms with Crippen molar-refractivity contribution in [2.75, 3.05) is 32.6 Å². The number of carbonyl (C=O) groups is 2. The molecule has 2 heterocycles. The third kappa shape index (κ3) is 3.22. The van der Waals surface area contributed by atoms with E-state index >= 15 is 0 Å². The number of ether oxygens (including phenoxy) is 1. The number of rotatable bonds is 6. The van der Waals surface area contributed by atoms with E-state index in [1.807, 2.05) is 22.6 Å². The maximum atomic E-state index is 12.2. The zero-order valence-electron chi connectivity index (χ0n) is 13.5. The average Bonchev–Trinajstić information content (AvgIpc) is 3.05. The van der Waals surface area contributed by atoms with E-state index in [9.17, 15) is 9.59 Å². The zero-order valence-corrected chi connectivity index (χ0v) is 16.7. The fourth-order valence-corrected chi connectivity index (χ4v) is 4.30. The van der Waals surface area contributed by atoms with Crippen molar-refractivity contribution >= 4 is 50.5 Å².